The molecule has 0 saturated heterocycles. The molecule has 0 fully saturated rings. The summed E-state index contributed by atoms with van der Waals surface area (Å²) in [5.41, 5.74) is 1.77. The lowest BCUT2D eigenvalue weighted by molar-refractivity contribution is 0.574. The molecule has 132 valence electrons. The fourth-order valence-electron chi connectivity index (χ4n) is 2.63. The Morgan fingerprint density at radius 3 is 2.74 bits per heavy atom. The molecule has 0 unspecified atom stereocenters. The Balaban J connectivity index is 1.58. The largest absolute Gasteiger partial charge is 0.461 e. The first-order chi connectivity index (χ1) is 13.3. The number of hydrogen-bond donors (Lipinski definition) is 1. The zero-order valence-corrected chi connectivity index (χ0v) is 14.6. The van der Waals surface area contributed by atoms with Crippen LogP contribution in [0.1, 0.15) is 0 Å². The lowest BCUT2D eigenvalue weighted by Gasteiger charge is -2.07. The maximum absolute atomic E-state index is 6.16. The molecule has 0 aliphatic heterocycles. The average Bonchev–Trinajstić information content (AvgIpc) is 3.44. The van der Waals surface area contributed by atoms with Gasteiger partial charge in [-0.2, -0.15) is 14.6 Å². The van der Waals surface area contributed by atoms with E-state index in [1.165, 1.54) is 22.8 Å². The van der Waals surface area contributed by atoms with Crippen LogP contribution in [-0.2, 0) is 0 Å². The monoisotopic (exact) mass is 376 g/mol. The number of nitrogen functional groups attached to an aromatic ring is 1. The standard InChI is InChI=1S/C17H12N8OS/c18-24-15(13-7-4-8-26-13)22-23-17(24)27-14-9-12(11-5-2-1-3-6-11)21-16-19-10-20-25(14)16/h1-10H,18H2. The number of nitrogens with zero attached hydrogens (tertiary/aromatic N) is 7. The van der Waals surface area contributed by atoms with Crippen molar-refractivity contribution in [1.82, 2.24) is 34.5 Å². The van der Waals surface area contributed by atoms with Crippen molar-refractivity contribution in [2.45, 2.75) is 10.2 Å². The number of rotatable bonds is 4. The van der Waals surface area contributed by atoms with Crippen LogP contribution in [0, 0.1) is 0 Å². The molecule has 27 heavy (non-hydrogen) atoms. The van der Waals surface area contributed by atoms with E-state index in [1.807, 2.05) is 36.4 Å². The van der Waals surface area contributed by atoms with Gasteiger partial charge in [-0.25, -0.2) is 9.66 Å². The summed E-state index contributed by atoms with van der Waals surface area (Å²) >= 11 is 1.32. The predicted molar refractivity (Wildman–Crippen MR) is 98.2 cm³/mol. The minimum absolute atomic E-state index is 0.440. The Labute approximate surface area is 156 Å². The normalized spacial score (nSPS) is 11.3. The van der Waals surface area contributed by atoms with E-state index < -0.39 is 0 Å². The van der Waals surface area contributed by atoms with Gasteiger partial charge in [-0.3, -0.25) is 0 Å². The summed E-state index contributed by atoms with van der Waals surface area (Å²) in [6.07, 6.45) is 3.02. The van der Waals surface area contributed by atoms with Crippen molar-refractivity contribution >= 4 is 17.5 Å². The molecule has 0 aliphatic carbocycles. The average molecular weight is 376 g/mol. The van der Waals surface area contributed by atoms with Gasteiger partial charge in [-0.1, -0.05) is 30.3 Å². The summed E-state index contributed by atoms with van der Waals surface area (Å²) in [5, 5.41) is 13.8. The fraction of sp³-hybridized carbons (Fsp3) is 0. The highest BCUT2D eigenvalue weighted by Crippen LogP contribution is 2.30. The van der Waals surface area contributed by atoms with Crippen LogP contribution in [0.4, 0.5) is 0 Å². The second-order valence-electron chi connectivity index (χ2n) is 5.57. The molecule has 5 aromatic rings. The maximum atomic E-state index is 6.16. The lowest BCUT2D eigenvalue weighted by atomic mass is 10.1. The summed E-state index contributed by atoms with van der Waals surface area (Å²) < 4.78 is 8.37. The van der Waals surface area contributed by atoms with Gasteiger partial charge in [0.25, 0.3) is 5.78 Å². The molecule has 0 aliphatic rings. The quantitative estimate of drug-likeness (QED) is 0.376. The molecular weight excluding hydrogens is 364 g/mol. The van der Waals surface area contributed by atoms with Crippen LogP contribution in [-0.4, -0.2) is 34.5 Å². The second-order valence-corrected chi connectivity index (χ2v) is 6.56. The van der Waals surface area contributed by atoms with Gasteiger partial charge in [0.2, 0.25) is 11.0 Å². The molecule has 2 N–H and O–H groups in total. The molecule has 4 heterocycles. The van der Waals surface area contributed by atoms with Crippen molar-refractivity contribution in [2.24, 2.45) is 0 Å². The second kappa shape index (κ2) is 6.25. The highest BCUT2D eigenvalue weighted by Gasteiger charge is 2.17. The SMILES string of the molecule is Nn1c(Sc2cc(-c3ccccc3)nc3ncnn23)nnc1-c1ccco1. The van der Waals surface area contributed by atoms with Crippen LogP contribution < -0.4 is 5.84 Å². The first-order valence-corrected chi connectivity index (χ1v) is 8.80. The molecule has 0 radical (unpaired) electrons. The highest BCUT2D eigenvalue weighted by atomic mass is 32.2. The van der Waals surface area contributed by atoms with E-state index in [2.05, 4.69) is 25.3 Å². The third kappa shape index (κ3) is 2.72. The third-order valence-electron chi connectivity index (χ3n) is 3.89. The van der Waals surface area contributed by atoms with E-state index in [-0.39, 0.29) is 0 Å². The Morgan fingerprint density at radius 1 is 1.04 bits per heavy atom. The smallest absolute Gasteiger partial charge is 0.253 e. The molecule has 0 amide bonds. The molecule has 1 aromatic carbocycles. The Bertz CT molecular complexity index is 1210. The van der Waals surface area contributed by atoms with Gasteiger partial charge in [0, 0.05) is 5.56 Å². The van der Waals surface area contributed by atoms with Gasteiger partial charge in [0.05, 0.1) is 12.0 Å². The van der Waals surface area contributed by atoms with Crippen molar-refractivity contribution < 1.29 is 4.42 Å². The molecule has 0 saturated carbocycles. The van der Waals surface area contributed by atoms with Gasteiger partial charge in [-0.15, -0.1) is 10.2 Å². The Kier molecular flexibility index (Phi) is 3.61. The number of furan rings is 1. The van der Waals surface area contributed by atoms with Gasteiger partial charge in [-0.05, 0) is 30.0 Å². The van der Waals surface area contributed by atoms with Crippen molar-refractivity contribution in [2.75, 3.05) is 5.84 Å². The Morgan fingerprint density at radius 2 is 1.93 bits per heavy atom. The molecule has 5 rings (SSSR count). The summed E-state index contributed by atoms with van der Waals surface area (Å²) in [4.78, 5) is 8.78. The van der Waals surface area contributed by atoms with E-state index in [0.717, 1.165) is 16.3 Å². The summed E-state index contributed by atoms with van der Waals surface area (Å²) in [7, 11) is 0. The van der Waals surface area contributed by atoms with Crippen LogP contribution in [0.2, 0.25) is 0 Å². The lowest BCUT2D eigenvalue weighted by Crippen LogP contribution is -2.11. The molecule has 0 spiro atoms. The molecule has 4 aromatic heterocycles. The van der Waals surface area contributed by atoms with E-state index in [1.54, 1.807) is 22.9 Å². The first kappa shape index (κ1) is 15.6. The number of nitrogens with two attached hydrogens (primary N) is 1. The topological polar surface area (TPSA) is 113 Å². The maximum Gasteiger partial charge on any atom is 0.253 e. The minimum atomic E-state index is 0.440. The van der Waals surface area contributed by atoms with Crippen LogP contribution in [0.3, 0.4) is 0 Å². The minimum Gasteiger partial charge on any atom is -0.461 e. The van der Waals surface area contributed by atoms with E-state index in [4.69, 9.17) is 10.3 Å². The Hall–Kier alpha value is -3.66. The van der Waals surface area contributed by atoms with Gasteiger partial charge >= 0.3 is 0 Å². The van der Waals surface area contributed by atoms with Crippen molar-refractivity contribution in [3.8, 4) is 22.8 Å². The van der Waals surface area contributed by atoms with Crippen LogP contribution >= 0.6 is 11.8 Å². The molecule has 0 atom stereocenters. The zero-order chi connectivity index (χ0) is 18.2. The highest BCUT2D eigenvalue weighted by molar-refractivity contribution is 7.99. The zero-order valence-electron chi connectivity index (χ0n) is 13.8. The molecule has 0 bridgehead atoms. The van der Waals surface area contributed by atoms with Gasteiger partial charge in [0.15, 0.2) is 5.76 Å². The first-order valence-electron chi connectivity index (χ1n) is 7.98. The van der Waals surface area contributed by atoms with Crippen molar-refractivity contribution in [1.29, 1.82) is 0 Å². The van der Waals surface area contributed by atoms with E-state index >= 15 is 0 Å². The van der Waals surface area contributed by atoms with Gasteiger partial charge < -0.3 is 10.3 Å². The predicted octanol–water partition coefficient (Wildman–Crippen LogP) is 2.51. The number of aromatic nitrogens is 7. The molecule has 10 heteroatoms. The summed E-state index contributed by atoms with van der Waals surface area (Å²) in [6.45, 7) is 0. The molecular formula is C17H12N8OS. The van der Waals surface area contributed by atoms with Crippen LogP contribution in [0.15, 0.2) is 75.7 Å². The van der Waals surface area contributed by atoms with Gasteiger partial charge in [0.1, 0.15) is 11.4 Å². The summed E-state index contributed by atoms with van der Waals surface area (Å²) in [5.74, 6) is 7.64. The van der Waals surface area contributed by atoms with Crippen LogP contribution in [0.25, 0.3) is 28.6 Å². The van der Waals surface area contributed by atoms with E-state index in [0.29, 0.717) is 22.5 Å². The third-order valence-corrected chi connectivity index (χ3v) is 4.85. The number of benzene rings is 1. The van der Waals surface area contributed by atoms with Crippen LogP contribution in [0.5, 0.6) is 0 Å². The van der Waals surface area contributed by atoms with Crippen molar-refractivity contribution in [3.63, 3.8) is 0 Å². The molecule has 9 nitrogen and oxygen atoms in total. The van der Waals surface area contributed by atoms with E-state index in [9.17, 15) is 0 Å². The summed E-state index contributed by atoms with van der Waals surface area (Å²) in [6, 6.07) is 15.3. The van der Waals surface area contributed by atoms with Crippen molar-refractivity contribution in [3.05, 3.63) is 61.1 Å². The fourth-order valence-corrected chi connectivity index (χ4v) is 3.47. The number of hydrogen-bond acceptors (Lipinski definition) is 8. The number of fused-ring (bicyclic) bond motifs is 1.